The van der Waals surface area contributed by atoms with E-state index >= 15 is 0 Å². The molecular weight excluding hydrogens is 244 g/mol. The Morgan fingerprint density at radius 2 is 2.00 bits per heavy atom. The third-order valence-electron chi connectivity index (χ3n) is 4.61. The number of methoxy groups -OCH3 is 1. The van der Waals surface area contributed by atoms with E-state index in [4.69, 9.17) is 0 Å². The average Bonchev–Trinajstić information content (AvgIpc) is 2.95. The van der Waals surface area contributed by atoms with Crippen LogP contribution in [0.15, 0.2) is 0 Å². The smallest absolute Gasteiger partial charge is 0.407 e. The van der Waals surface area contributed by atoms with Gasteiger partial charge in [-0.3, -0.25) is 4.79 Å². The number of likely N-dealkylation sites (tertiary alicyclic amines) is 1. The minimum absolute atomic E-state index is 0.0418. The van der Waals surface area contributed by atoms with Crippen molar-refractivity contribution in [2.45, 2.75) is 58.2 Å². The van der Waals surface area contributed by atoms with E-state index in [0.29, 0.717) is 18.0 Å². The van der Waals surface area contributed by atoms with E-state index in [2.05, 4.69) is 17.0 Å². The van der Waals surface area contributed by atoms with Gasteiger partial charge in [-0.05, 0) is 38.0 Å². The predicted molar refractivity (Wildman–Crippen MR) is 71.6 cm³/mol. The van der Waals surface area contributed by atoms with Gasteiger partial charge in [-0.1, -0.05) is 13.8 Å². The summed E-state index contributed by atoms with van der Waals surface area (Å²) in [5.41, 5.74) is 0. The van der Waals surface area contributed by atoms with E-state index in [-0.39, 0.29) is 11.8 Å². The Labute approximate surface area is 114 Å². The third-order valence-corrected chi connectivity index (χ3v) is 4.61. The van der Waals surface area contributed by atoms with Gasteiger partial charge < -0.3 is 15.0 Å². The number of nitrogens with zero attached hydrogens (tertiary/aromatic N) is 1. The molecule has 0 radical (unpaired) electrons. The van der Waals surface area contributed by atoms with Crippen LogP contribution in [0, 0.1) is 11.8 Å². The van der Waals surface area contributed by atoms with Gasteiger partial charge in [-0.15, -0.1) is 0 Å². The lowest BCUT2D eigenvalue weighted by atomic mass is 9.97. The van der Waals surface area contributed by atoms with E-state index in [1.165, 1.54) is 13.5 Å². The van der Waals surface area contributed by atoms with Crippen LogP contribution < -0.4 is 5.32 Å². The number of hydrogen-bond donors (Lipinski definition) is 1. The van der Waals surface area contributed by atoms with Gasteiger partial charge in [0, 0.05) is 12.1 Å². The Morgan fingerprint density at radius 3 is 2.47 bits per heavy atom. The molecule has 1 aliphatic carbocycles. The van der Waals surface area contributed by atoms with Crippen molar-refractivity contribution in [3.8, 4) is 0 Å². The Balaban J connectivity index is 2.09. The van der Waals surface area contributed by atoms with Crippen molar-refractivity contribution in [3.05, 3.63) is 0 Å². The highest BCUT2D eigenvalue weighted by Crippen LogP contribution is 2.42. The summed E-state index contributed by atoms with van der Waals surface area (Å²) < 4.78 is 4.61. The lowest BCUT2D eigenvalue weighted by Crippen LogP contribution is -2.55. The number of carbonyl (C=O) groups is 2. The predicted octanol–water partition coefficient (Wildman–Crippen LogP) is 1.77. The number of rotatable bonds is 3. The molecule has 2 fully saturated rings. The molecular formula is C14H24N2O3. The molecule has 5 nitrogen and oxygen atoms in total. The molecule has 0 aromatic heterocycles. The lowest BCUT2D eigenvalue weighted by Gasteiger charge is -2.36. The fourth-order valence-corrected chi connectivity index (χ4v) is 3.48. The van der Waals surface area contributed by atoms with E-state index < -0.39 is 12.1 Å². The summed E-state index contributed by atoms with van der Waals surface area (Å²) in [6.45, 7) is 6.01. The van der Waals surface area contributed by atoms with Gasteiger partial charge in [0.1, 0.15) is 6.04 Å². The first kappa shape index (κ1) is 14.2. The fraction of sp³-hybridized carbons (Fsp3) is 0.857. The minimum Gasteiger partial charge on any atom is -0.453 e. The maximum Gasteiger partial charge on any atom is 0.407 e. The molecule has 4 atom stereocenters. The van der Waals surface area contributed by atoms with Gasteiger partial charge in [-0.25, -0.2) is 4.79 Å². The molecule has 2 unspecified atom stereocenters. The molecule has 2 aliphatic rings. The first-order valence-electron chi connectivity index (χ1n) is 7.12. The van der Waals surface area contributed by atoms with Crippen LogP contribution >= 0.6 is 0 Å². The molecule has 1 saturated carbocycles. The number of hydrogen-bond acceptors (Lipinski definition) is 3. The molecule has 0 aromatic carbocycles. The van der Waals surface area contributed by atoms with Gasteiger partial charge in [0.15, 0.2) is 0 Å². The van der Waals surface area contributed by atoms with Crippen LogP contribution in [-0.4, -0.2) is 42.1 Å². The number of fused-ring (bicyclic) bond motifs is 2. The fourth-order valence-electron chi connectivity index (χ4n) is 3.48. The van der Waals surface area contributed by atoms with Crippen LogP contribution in [0.2, 0.25) is 0 Å². The van der Waals surface area contributed by atoms with Crippen LogP contribution in [0.5, 0.6) is 0 Å². The van der Waals surface area contributed by atoms with Crippen LogP contribution in [0.3, 0.4) is 0 Å². The Bertz CT molecular complexity index is 368. The first-order valence-corrected chi connectivity index (χ1v) is 7.12. The van der Waals surface area contributed by atoms with Crippen molar-refractivity contribution in [3.63, 3.8) is 0 Å². The largest absolute Gasteiger partial charge is 0.453 e. The Kier molecular flexibility index (Phi) is 4.02. The molecule has 1 saturated heterocycles. The van der Waals surface area contributed by atoms with Crippen LogP contribution in [0.25, 0.3) is 0 Å². The SMILES string of the molecule is COC(=O)N[C@H](C(=O)N1C2CCC(C2)[C@H]1C)C(C)C. The van der Waals surface area contributed by atoms with Crippen molar-refractivity contribution in [2.24, 2.45) is 11.8 Å². The molecule has 0 spiro atoms. The van der Waals surface area contributed by atoms with Crippen LogP contribution in [-0.2, 0) is 9.53 Å². The zero-order valence-electron chi connectivity index (χ0n) is 12.2. The number of alkyl carbamates (subject to hydrolysis) is 1. The van der Waals surface area contributed by atoms with Gasteiger partial charge in [0.05, 0.1) is 7.11 Å². The van der Waals surface area contributed by atoms with Gasteiger partial charge >= 0.3 is 6.09 Å². The van der Waals surface area contributed by atoms with Gasteiger partial charge in [0.2, 0.25) is 5.91 Å². The quantitative estimate of drug-likeness (QED) is 0.848. The average molecular weight is 268 g/mol. The lowest BCUT2D eigenvalue weighted by molar-refractivity contribution is -0.138. The number of amides is 2. The molecule has 2 rings (SSSR count). The second kappa shape index (κ2) is 5.39. The molecule has 2 amide bonds. The molecule has 1 aliphatic heterocycles. The topological polar surface area (TPSA) is 58.6 Å². The summed E-state index contributed by atoms with van der Waals surface area (Å²) in [7, 11) is 1.32. The molecule has 5 heteroatoms. The van der Waals surface area contributed by atoms with Crippen molar-refractivity contribution < 1.29 is 14.3 Å². The third kappa shape index (κ3) is 2.55. The standard InChI is InChI=1S/C14H24N2O3/c1-8(2)12(15-14(18)19-4)13(17)16-9(3)10-5-6-11(16)7-10/h8-12H,5-7H2,1-4H3,(H,15,18)/t9-,10?,11?,12+/m1/s1. The summed E-state index contributed by atoms with van der Waals surface area (Å²) in [4.78, 5) is 26.1. The Hall–Kier alpha value is -1.26. The highest BCUT2D eigenvalue weighted by Gasteiger charge is 2.47. The Morgan fingerprint density at radius 1 is 1.32 bits per heavy atom. The number of piperidine rings is 1. The molecule has 1 N–H and O–H groups in total. The van der Waals surface area contributed by atoms with E-state index in [1.54, 1.807) is 0 Å². The van der Waals surface area contributed by atoms with Crippen LogP contribution in [0.4, 0.5) is 4.79 Å². The normalized spacial score (nSPS) is 30.6. The second-order valence-electron chi connectivity index (χ2n) is 6.07. The van der Waals surface area contributed by atoms with Crippen LogP contribution in [0.1, 0.15) is 40.0 Å². The van der Waals surface area contributed by atoms with Crippen molar-refractivity contribution in [1.82, 2.24) is 10.2 Å². The van der Waals surface area contributed by atoms with Gasteiger partial charge in [-0.2, -0.15) is 0 Å². The molecule has 2 bridgehead atoms. The highest BCUT2D eigenvalue weighted by atomic mass is 16.5. The number of ether oxygens (including phenoxy) is 1. The van der Waals surface area contributed by atoms with Crippen molar-refractivity contribution in [1.29, 1.82) is 0 Å². The van der Waals surface area contributed by atoms with Crippen molar-refractivity contribution in [2.75, 3.05) is 7.11 Å². The first-order chi connectivity index (χ1) is 8.95. The zero-order valence-corrected chi connectivity index (χ0v) is 12.2. The highest BCUT2D eigenvalue weighted by molar-refractivity contribution is 5.86. The summed E-state index contributed by atoms with van der Waals surface area (Å²) in [5, 5.41) is 2.67. The molecule has 108 valence electrons. The molecule has 0 aromatic rings. The summed E-state index contributed by atoms with van der Waals surface area (Å²) >= 11 is 0. The monoisotopic (exact) mass is 268 g/mol. The van der Waals surface area contributed by atoms with Crippen molar-refractivity contribution >= 4 is 12.0 Å². The number of carbonyl (C=O) groups excluding carboxylic acids is 2. The summed E-state index contributed by atoms with van der Waals surface area (Å²) in [6.07, 6.45) is 2.91. The van der Waals surface area contributed by atoms with Gasteiger partial charge in [0.25, 0.3) is 0 Å². The molecule has 1 heterocycles. The molecule has 19 heavy (non-hydrogen) atoms. The number of nitrogens with one attached hydrogen (secondary N) is 1. The minimum atomic E-state index is -0.538. The maximum absolute atomic E-state index is 12.7. The zero-order chi connectivity index (χ0) is 14.2. The summed E-state index contributed by atoms with van der Waals surface area (Å²) in [6, 6.07) is 0.175. The second-order valence-corrected chi connectivity index (χ2v) is 6.07. The maximum atomic E-state index is 12.7. The van der Waals surface area contributed by atoms with E-state index in [9.17, 15) is 9.59 Å². The van der Waals surface area contributed by atoms with E-state index in [1.807, 2.05) is 18.7 Å². The van der Waals surface area contributed by atoms with E-state index in [0.717, 1.165) is 12.8 Å². The summed E-state index contributed by atoms with van der Waals surface area (Å²) in [5.74, 6) is 0.734.